The Morgan fingerprint density at radius 2 is 1.86 bits per heavy atom. The first-order valence-electron chi connectivity index (χ1n) is 12.4. The number of aliphatic hydroxyl groups is 1. The van der Waals surface area contributed by atoms with E-state index < -0.39 is 5.60 Å². The maximum absolute atomic E-state index is 11.2. The molecule has 2 aromatic carbocycles. The van der Waals surface area contributed by atoms with Crippen molar-refractivity contribution in [3.63, 3.8) is 0 Å². The lowest BCUT2D eigenvalue weighted by Gasteiger charge is -2.27. The molecule has 0 bridgehead atoms. The van der Waals surface area contributed by atoms with Crippen molar-refractivity contribution in [2.45, 2.75) is 51.8 Å². The summed E-state index contributed by atoms with van der Waals surface area (Å²) in [5.74, 6) is 2.32. The van der Waals surface area contributed by atoms with Gasteiger partial charge in [-0.05, 0) is 75.0 Å². The molecule has 188 valence electrons. The summed E-state index contributed by atoms with van der Waals surface area (Å²) in [4.78, 5) is 2.39. The van der Waals surface area contributed by atoms with Crippen LogP contribution in [0.25, 0.3) is 0 Å². The number of nitrogens with zero attached hydrogens (tertiary/aromatic N) is 3. The summed E-state index contributed by atoms with van der Waals surface area (Å²) < 4.78 is 19.4. The number of hydrogen-bond donors (Lipinski definition) is 1. The molecule has 35 heavy (non-hydrogen) atoms. The minimum atomic E-state index is -0.813. The average molecular weight is 480 g/mol. The quantitative estimate of drug-likeness (QED) is 0.465. The van der Waals surface area contributed by atoms with Gasteiger partial charge in [-0.2, -0.15) is 5.10 Å². The summed E-state index contributed by atoms with van der Waals surface area (Å²) in [6.07, 6.45) is 6.03. The molecule has 1 atom stereocenters. The van der Waals surface area contributed by atoms with Crippen LogP contribution in [-0.2, 0) is 13.1 Å². The van der Waals surface area contributed by atoms with Crippen LogP contribution >= 0.6 is 0 Å². The van der Waals surface area contributed by atoms with Crippen molar-refractivity contribution in [3.8, 4) is 17.2 Å². The summed E-state index contributed by atoms with van der Waals surface area (Å²) in [7, 11) is 1.66. The lowest BCUT2D eigenvalue weighted by atomic mass is 9.96. The van der Waals surface area contributed by atoms with Crippen LogP contribution in [0.1, 0.15) is 36.0 Å². The Balaban J connectivity index is 1.32. The van der Waals surface area contributed by atoms with Gasteiger partial charge in [0.2, 0.25) is 0 Å². The molecule has 7 nitrogen and oxygen atoms in total. The van der Waals surface area contributed by atoms with Crippen molar-refractivity contribution in [2.24, 2.45) is 0 Å². The highest BCUT2D eigenvalue weighted by Crippen LogP contribution is 2.30. The van der Waals surface area contributed by atoms with E-state index in [1.165, 1.54) is 5.56 Å². The van der Waals surface area contributed by atoms with Gasteiger partial charge in [-0.15, -0.1) is 0 Å². The number of hydrogen-bond acceptors (Lipinski definition) is 6. The molecule has 0 amide bonds. The van der Waals surface area contributed by atoms with Crippen LogP contribution in [0, 0.1) is 13.8 Å². The fourth-order valence-corrected chi connectivity index (χ4v) is 4.58. The summed E-state index contributed by atoms with van der Waals surface area (Å²) in [5, 5.41) is 15.4. The normalized spacial score (nSPS) is 18.7. The Morgan fingerprint density at radius 1 is 1.00 bits per heavy atom. The molecule has 1 aliphatic heterocycles. The number of benzene rings is 2. The van der Waals surface area contributed by atoms with Crippen molar-refractivity contribution in [1.82, 2.24) is 14.7 Å². The number of likely N-dealkylation sites (tertiary alicyclic amines) is 1. The van der Waals surface area contributed by atoms with Crippen LogP contribution in [0.3, 0.4) is 0 Å². The van der Waals surface area contributed by atoms with E-state index in [2.05, 4.69) is 35.1 Å². The predicted molar refractivity (Wildman–Crippen MR) is 136 cm³/mol. The summed E-state index contributed by atoms with van der Waals surface area (Å²) >= 11 is 0. The second-order valence-corrected chi connectivity index (χ2v) is 9.51. The Labute approximate surface area is 208 Å². The first kappa shape index (κ1) is 25.1. The highest BCUT2D eigenvalue weighted by Gasteiger charge is 2.31. The first-order chi connectivity index (χ1) is 16.9. The monoisotopic (exact) mass is 479 g/mol. The number of aromatic nitrogens is 2. The molecule has 1 fully saturated rings. The molecule has 7 heteroatoms. The molecular weight excluding hydrogens is 442 g/mol. The third-order valence-corrected chi connectivity index (χ3v) is 6.61. The van der Waals surface area contributed by atoms with E-state index >= 15 is 0 Å². The number of rotatable bonds is 10. The highest BCUT2D eigenvalue weighted by atomic mass is 16.5. The Bertz CT molecular complexity index is 1090. The molecule has 1 N–H and O–H groups in total. The molecule has 1 aromatic heterocycles. The van der Waals surface area contributed by atoms with Gasteiger partial charge >= 0.3 is 0 Å². The lowest BCUT2D eigenvalue weighted by Crippen LogP contribution is -2.37. The Hall–Kier alpha value is -3.03. The van der Waals surface area contributed by atoms with Gasteiger partial charge in [0.05, 0.1) is 19.3 Å². The maximum atomic E-state index is 11.2. The van der Waals surface area contributed by atoms with Gasteiger partial charge in [0.15, 0.2) is 11.5 Å². The van der Waals surface area contributed by atoms with E-state index in [4.69, 9.17) is 14.2 Å². The molecule has 4 rings (SSSR count). The van der Waals surface area contributed by atoms with Crippen molar-refractivity contribution >= 4 is 0 Å². The zero-order valence-electron chi connectivity index (χ0n) is 21.1. The standard InChI is InChI=1S/C28H37N3O4/c1-22-6-8-25(23(2)18-22)35-21-28(32)10-4-13-30(15-11-28)20-24-7-9-26(33-3)27(19-24)34-17-16-31-14-5-12-29-31/h5-9,12,14,18-19,32H,4,10-11,13,15-17,20-21H2,1-3H3. The second kappa shape index (κ2) is 11.6. The van der Waals surface area contributed by atoms with Crippen molar-refractivity contribution in [1.29, 1.82) is 0 Å². The van der Waals surface area contributed by atoms with Gasteiger partial charge in [-0.25, -0.2) is 0 Å². The Morgan fingerprint density at radius 3 is 2.63 bits per heavy atom. The number of aryl methyl sites for hydroxylation is 2. The zero-order chi connectivity index (χ0) is 24.7. The van der Waals surface area contributed by atoms with Crippen LogP contribution in [0.2, 0.25) is 0 Å². The summed E-state index contributed by atoms with van der Waals surface area (Å²) in [5.41, 5.74) is 2.67. The maximum Gasteiger partial charge on any atom is 0.161 e. The SMILES string of the molecule is COc1ccc(CN2CCCC(O)(COc3ccc(C)cc3C)CC2)cc1OCCn1cccn1. The molecule has 0 aliphatic carbocycles. The van der Waals surface area contributed by atoms with Gasteiger partial charge in [-0.1, -0.05) is 23.8 Å². The van der Waals surface area contributed by atoms with Crippen LogP contribution in [-0.4, -0.2) is 58.8 Å². The van der Waals surface area contributed by atoms with Crippen LogP contribution in [0.15, 0.2) is 54.9 Å². The molecule has 1 unspecified atom stereocenters. The lowest BCUT2D eigenvalue weighted by molar-refractivity contribution is -0.0170. The van der Waals surface area contributed by atoms with Crippen LogP contribution in [0.5, 0.6) is 17.2 Å². The molecular formula is C28H37N3O4. The van der Waals surface area contributed by atoms with E-state index in [9.17, 15) is 5.11 Å². The Kier molecular flexibility index (Phi) is 8.31. The molecule has 1 aliphatic rings. The number of ether oxygens (including phenoxy) is 3. The minimum Gasteiger partial charge on any atom is -0.493 e. The van der Waals surface area contributed by atoms with Gasteiger partial charge in [-0.3, -0.25) is 9.58 Å². The van der Waals surface area contributed by atoms with Crippen molar-refractivity contribution in [3.05, 3.63) is 71.5 Å². The molecule has 3 aromatic rings. The van der Waals surface area contributed by atoms with E-state index in [0.717, 1.165) is 60.9 Å². The van der Waals surface area contributed by atoms with E-state index in [1.807, 2.05) is 42.1 Å². The molecule has 0 spiro atoms. The van der Waals surface area contributed by atoms with Gasteiger partial charge in [0.25, 0.3) is 0 Å². The van der Waals surface area contributed by atoms with E-state index in [1.54, 1.807) is 13.3 Å². The average Bonchev–Trinajstić information content (AvgIpc) is 3.29. The molecule has 0 saturated carbocycles. The molecule has 0 radical (unpaired) electrons. The topological polar surface area (TPSA) is 69.0 Å². The minimum absolute atomic E-state index is 0.321. The fraction of sp³-hybridized carbons (Fsp3) is 0.464. The van der Waals surface area contributed by atoms with Gasteiger partial charge in [0, 0.05) is 25.5 Å². The molecule has 2 heterocycles. The predicted octanol–water partition coefficient (Wildman–Crippen LogP) is 4.38. The smallest absolute Gasteiger partial charge is 0.161 e. The second-order valence-electron chi connectivity index (χ2n) is 9.51. The third-order valence-electron chi connectivity index (χ3n) is 6.61. The summed E-state index contributed by atoms with van der Waals surface area (Å²) in [6, 6.07) is 14.2. The summed E-state index contributed by atoms with van der Waals surface area (Å²) in [6.45, 7) is 8.18. The van der Waals surface area contributed by atoms with Crippen LogP contribution < -0.4 is 14.2 Å². The molecule has 1 saturated heterocycles. The fourth-order valence-electron chi connectivity index (χ4n) is 4.58. The number of methoxy groups -OCH3 is 1. The first-order valence-corrected chi connectivity index (χ1v) is 12.4. The van der Waals surface area contributed by atoms with Gasteiger partial charge in [0.1, 0.15) is 19.0 Å². The zero-order valence-corrected chi connectivity index (χ0v) is 21.1. The largest absolute Gasteiger partial charge is 0.493 e. The highest BCUT2D eigenvalue weighted by molar-refractivity contribution is 5.43. The van der Waals surface area contributed by atoms with Crippen molar-refractivity contribution < 1.29 is 19.3 Å². The van der Waals surface area contributed by atoms with E-state index in [-0.39, 0.29) is 0 Å². The van der Waals surface area contributed by atoms with E-state index in [0.29, 0.717) is 26.2 Å². The van der Waals surface area contributed by atoms with Crippen molar-refractivity contribution in [2.75, 3.05) is 33.4 Å². The van der Waals surface area contributed by atoms with Gasteiger partial charge < -0.3 is 19.3 Å². The van der Waals surface area contributed by atoms with Crippen LogP contribution in [0.4, 0.5) is 0 Å². The third kappa shape index (κ3) is 6.99.